The van der Waals surface area contributed by atoms with Crippen molar-refractivity contribution in [3.63, 3.8) is 0 Å². The number of hydrogen-bond donors (Lipinski definition) is 12. The molecule has 3 aliphatic rings. The molecule has 1 fully saturated rings. The molecule has 1 aromatic carbocycles. The Morgan fingerprint density at radius 3 is 1.95 bits per heavy atom. The number of H-pyrrole nitrogens is 1. The first-order chi connectivity index (χ1) is 34.8. The lowest BCUT2D eigenvalue weighted by atomic mass is 9.88. The molecule has 5 rings (SSSR count). The minimum Gasteiger partial charge on any atom is -0.400 e. The van der Waals surface area contributed by atoms with E-state index in [1.54, 1.807) is 45.9 Å². The van der Waals surface area contributed by atoms with Crippen LogP contribution in [0, 0.1) is 30.6 Å². The van der Waals surface area contributed by atoms with E-state index in [0.717, 1.165) is 24.7 Å². The molecular weight excluding hydrogens is 971 g/mol. The van der Waals surface area contributed by atoms with Crippen LogP contribution in [0.15, 0.2) is 23.2 Å². The maximum absolute atomic E-state index is 14.7. The summed E-state index contributed by atoms with van der Waals surface area (Å²) in [5.74, 6) is -10.7. The van der Waals surface area contributed by atoms with Crippen molar-refractivity contribution in [2.45, 2.75) is 136 Å². The van der Waals surface area contributed by atoms with Crippen molar-refractivity contribution in [1.29, 1.82) is 0 Å². The SMILES string of the molecule is CC.CC.CCC(C)C1NC(=O)CNC(=O)C2Cc3c([nH]c4cc(C)ccc34)S(=O)CC(NC(=O)CNC1=O)C(=O)NC(CC(C)=O)C(=O)N1CC(CO)CC1C(=O)NC(C(C)C(C)CO)C(=O)N2.CO.CO. The molecule has 24 heteroatoms. The van der Waals surface area contributed by atoms with E-state index in [1.807, 2.05) is 34.6 Å². The highest BCUT2D eigenvalue weighted by Crippen LogP contribution is 2.29. The minimum absolute atomic E-state index is 0.00723. The zero-order valence-corrected chi connectivity index (χ0v) is 45.1. The van der Waals surface area contributed by atoms with Gasteiger partial charge in [-0.2, -0.15) is 0 Å². The Balaban J connectivity index is 0.00000317. The second kappa shape index (κ2) is 32.4. The Morgan fingerprint density at radius 2 is 1.37 bits per heavy atom. The van der Waals surface area contributed by atoms with Crippen LogP contribution < -0.4 is 37.2 Å². The van der Waals surface area contributed by atoms with Crippen molar-refractivity contribution in [2.75, 3.05) is 52.8 Å². The number of fused-ring (bicyclic) bond motifs is 5. The Kier molecular flexibility index (Phi) is 28.9. The van der Waals surface area contributed by atoms with Crippen molar-refractivity contribution < 1.29 is 67.8 Å². The average Bonchev–Trinajstić information content (AvgIpc) is 3.99. The van der Waals surface area contributed by atoms with Gasteiger partial charge in [0.15, 0.2) is 0 Å². The lowest BCUT2D eigenvalue weighted by Crippen LogP contribution is -2.61. The number of nitrogens with one attached hydrogen (secondary N) is 8. The lowest BCUT2D eigenvalue weighted by molar-refractivity contribution is -0.143. The third-order valence-corrected chi connectivity index (χ3v) is 14.0. The predicted octanol–water partition coefficient (Wildman–Crippen LogP) is -1.42. The topological polar surface area (TPSA) is 355 Å². The summed E-state index contributed by atoms with van der Waals surface area (Å²) in [4.78, 5) is 130. The van der Waals surface area contributed by atoms with Crippen LogP contribution in [-0.2, 0) is 60.4 Å². The molecule has 2 aromatic rings. The fourth-order valence-corrected chi connectivity index (χ4v) is 9.66. The number of carbonyl (C=O) groups excluding carboxylic acids is 9. The first-order valence-electron chi connectivity index (χ1n) is 24.7. The first-order valence-corrected chi connectivity index (χ1v) is 26.0. The van der Waals surface area contributed by atoms with E-state index in [0.29, 0.717) is 17.3 Å². The minimum atomic E-state index is -2.24. The van der Waals surface area contributed by atoms with E-state index in [4.69, 9.17) is 10.2 Å². The molecule has 23 nitrogen and oxygen atoms in total. The Bertz CT molecular complexity index is 2220. The van der Waals surface area contributed by atoms with E-state index in [9.17, 15) is 57.6 Å². The number of aliphatic hydroxyl groups is 4. The maximum Gasteiger partial charge on any atom is 0.246 e. The largest absolute Gasteiger partial charge is 0.400 e. The molecule has 2 bridgehead atoms. The second-order valence-corrected chi connectivity index (χ2v) is 18.9. The van der Waals surface area contributed by atoms with Gasteiger partial charge in [0, 0.05) is 63.6 Å². The van der Waals surface area contributed by atoms with E-state index in [1.165, 1.54) is 6.92 Å². The van der Waals surface area contributed by atoms with Crippen LogP contribution in [0.3, 0.4) is 0 Å². The Hall–Kier alpha value is -5.82. The summed E-state index contributed by atoms with van der Waals surface area (Å²) in [6, 6.07) is -3.59. The Morgan fingerprint density at radius 1 is 0.767 bits per heavy atom. The number of benzene rings is 1. The van der Waals surface area contributed by atoms with Crippen LogP contribution >= 0.6 is 0 Å². The third-order valence-electron chi connectivity index (χ3n) is 12.5. The molecule has 11 atom stereocenters. The van der Waals surface area contributed by atoms with Crippen LogP contribution in [0.2, 0.25) is 0 Å². The van der Waals surface area contributed by atoms with Gasteiger partial charge in [-0.1, -0.05) is 73.9 Å². The number of aromatic amines is 1. The highest BCUT2D eigenvalue weighted by atomic mass is 32.2. The van der Waals surface area contributed by atoms with E-state index < -0.39 is 162 Å². The number of carbonyl (C=O) groups is 9. The number of hydrogen-bond acceptors (Lipinski definition) is 14. The van der Waals surface area contributed by atoms with Crippen LogP contribution in [0.5, 0.6) is 0 Å². The molecule has 0 saturated carbocycles. The smallest absolute Gasteiger partial charge is 0.246 e. The molecule has 11 unspecified atom stereocenters. The summed E-state index contributed by atoms with van der Waals surface area (Å²) < 4.78 is 14.7. The molecule has 0 radical (unpaired) electrons. The zero-order chi connectivity index (χ0) is 55.9. The molecule has 8 amide bonds. The van der Waals surface area contributed by atoms with Gasteiger partial charge in [0.25, 0.3) is 0 Å². The number of rotatable bonds is 8. The van der Waals surface area contributed by atoms with Crippen molar-refractivity contribution in [3.8, 4) is 0 Å². The number of amides is 8. The van der Waals surface area contributed by atoms with Crippen LogP contribution in [0.1, 0.15) is 92.7 Å². The standard InChI is InChI=1S/C43H61N9O12S.2C2H6.2CH4O/c1-7-21(3)35-40(61)45-14-33(56)46-31-19-65(64)42-27(26-9-8-20(2)10-28(26)49-42)13-29(37(58)44-15-34(57)50-35)47-41(62)36(24(6)22(4)17-53)51-39(60)32-12-25(18-54)16-52(32)43(63)30(11-23(5)55)48-38(31)59;4*1-2/h8-10,21-22,24-25,29-32,35-36,49,53-54H,7,11-19H2,1-6H3,(H,44,58)(H,45,61)(H,46,56)(H,47,62)(H,48,59)(H,50,57)(H,51,60);2*1-2H3;2*2H,1H3. The monoisotopic (exact) mass is 1050 g/mol. The highest BCUT2D eigenvalue weighted by Gasteiger charge is 2.45. The molecular formula is C49H81N9O14S. The average molecular weight is 1050 g/mol. The van der Waals surface area contributed by atoms with Gasteiger partial charge >= 0.3 is 0 Å². The summed E-state index contributed by atoms with van der Waals surface area (Å²) in [5, 5.41) is 52.9. The van der Waals surface area contributed by atoms with Gasteiger partial charge in [-0.15, -0.1) is 0 Å². The predicted molar refractivity (Wildman–Crippen MR) is 274 cm³/mol. The van der Waals surface area contributed by atoms with E-state index in [2.05, 4.69) is 42.2 Å². The van der Waals surface area contributed by atoms with Crippen molar-refractivity contribution >= 4 is 74.7 Å². The van der Waals surface area contributed by atoms with Gasteiger partial charge in [0.2, 0.25) is 47.3 Å². The summed E-state index contributed by atoms with van der Waals surface area (Å²) in [5.41, 5.74) is 1.53. The molecule has 3 aliphatic heterocycles. The quantitative estimate of drug-likeness (QED) is 0.145. The van der Waals surface area contributed by atoms with Crippen molar-refractivity contribution in [3.05, 3.63) is 29.3 Å². The normalized spacial score (nSPS) is 25.5. The Labute approximate surface area is 430 Å². The number of nitrogens with zero attached hydrogens (tertiary/aromatic N) is 1. The van der Waals surface area contributed by atoms with Crippen molar-refractivity contribution in [2.24, 2.45) is 23.7 Å². The third kappa shape index (κ3) is 18.0. The fourth-order valence-electron chi connectivity index (χ4n) is 8.26. The molecule has 412 valence electrons. The van der Waals surface area contributed by atoms with Gasteiger partial charge in [-0.05, 0) is 55.2 Å². The van der Waals surface area contributed by atoms with Gasteiger partial charge in [-0.25, -0.2) is 0 Å². The molecule has 12 N–H and O–H groups in total. The second-order valence-electron chi connectivity index (χ2n) is 17.5. The van der Waals surface area contributed by atoms with Gasteiger partial charge in [-0.3, -0.25) is 47.4 Å². The maximum atomic E-state index is 14.7. The number of ketones is 1. The number of aliphatic hydroxyl groups excluding tert-OH is 4. The van der Waals surface area contributed by atoms with E-state index >= 15 is 0 Å². The first kappa shape index (κ1) is 65.2. The fraction of sp³-hybridized carbons (Fsp3) is 0.653. The number of aromatic nitrogens is 1. The summed E-state index contributed by atoms with van der Waals surface area (Å²) in [6.45, 7) is 15.3. The lowest BCUT2D eigenvalue weighted by Gasteiger charge is -2.33. The summed E-state index contributed by atoms with van der Waals surface area (Å²) in [6.07, 6.45) is -0.592. The van der Waals surface area contributed by atoms with Gasteiger partial charge in [0.1, 0.15) is 47.1 Å². The van der Waals surface area contributed by atoms with E-state index in [-0.39, 0.29) is 30.0 Å². The number of aryl methyl sites for hydroxylation is 1. The van der Waals surface area contributed by atoms with Crippen molar-refractivity contribution in [1.82, 2.24) is 47.1 Å². The summed E-state index contributed by atoms with van der Waals surface area (Å²) >= 11 is 0. The van der Waals surface area contributed by atoms with Gasteiger partial charge in [0.05, 0.1) is 29.6 Å². The molecule has 4 heterocycles. The van der Waals surface area contributed by atoms with Crippen LogP contribution in [0.25, 0.3) is 10.9 Å². The van der Waals surface area contributed by atoms with Crippen LogP contribution in [-0.4, -0.2) is 177 Å². The molecule has 73 heavy (non-hydrogen) atoms. The molecule has 0 spiro atoms. The van der Waals surface area contributed by atoms with Gasteiger partial charge < -0.3 is 67.5 Å². The highest BCUT2D eigenvalue weighted by molar-refractivity contribution is 7.85. The molecule has 1 aromatic heterocycles. The molecule has 1 saturated heterocycles. The zero-order valence-electron chi connectivity index (χ0n) is 44.3. The van der Waals surface area contributed by atoms with Crippen LogP contribution in [0.4, 0.5) is 0 Å². The number of Topliss-reactive ketones (excluding diaryl/α,β-unsaturated/α-hetero) is 1. The molecule has 0 aliphatic carbocycles. The summed E-state index contributed by atoms with van der Waals surface area (Å²) in [7, 11) is -0.238.